The van der Waals surface area contributed by atoms with Gasteiger partial charge in [0, 0.05) is 5.38 Å². The van der Waals surface area contributed by atoms with Gasteiger partial charge in [0.15, 0.2) is 0 Å². The lowest BCUT2D eigenvalue weighted by molar-refractivity contribution is -0.152. The third-order valence-corrected chi connectivity index (χ3v) is 3.01. The van der Waals surface area contributed by atoms with Crippen LogP contribution in [0.25, 0.3) is 0 Å². The molecule has 5 nitrogen and oxygen atoms in total. The lowest BCUT2D eigenvalue weighted by Crippen LogP contribution is -2.22. The van der Waals surface area contributed by atoms with Crippen LogP contribution in [0.2, 0.25) is 0 Å². The summed E-state index contributed by atoms with van der Waals surface area (Å²) >= 11 is 1.31. The molecule has 2 heterocycles. The molecular formula is C9H11NO4S. The zero-order valence-electron chi connectivity index (χ0n) is 8.23. The summed E-state index contributed by atoms with van der Waals surface area (Å²) < 4.78 is 10.8. The Bertz CT molecular complexity index is 370. The number of thiazole rings is 1. The predicted octanol–water partition coefficient (Wildman–Crippen LogP) is 0.990. The molecule has 0 spiro atoms. The Hall–Kier alpha value is -0.980. The summed E-state index contributed by atoms with van der Waals surface area (Å²) in [4.78, 5) is 14.7. The van der Waals surface area contributed by atoms with Crippen LogP contribution in [0.5, 0.6) is 0 Å². The van der Waals surface area contributed by atoms with Gasteiger partial charge in [0.25, 0.3) is 0 Å². The van der Waals surface area contributed by atoms with Crippen LogP contribution in [0.15, 0.2) is 5.38 Å². The van der Waals surface area contributed by atoms with E-state index in [1.165, 1.54) is 11.3 Å². The van der Waals surface area contributed by atoms with Crippen molar-refractivity contribution >= 4 is 17.3 Å². The molecule has 1 aliphatic rings. The number of nitrogens with zero attached hydrogens (tertiary/aromatic N) is 1. The van der Waals surface area contributed by atoms with Crippen molar-refractivity contribution in [1.82, 2.24) is 4.98 Å². The van der Waals surface area contributed by atoms with Gasteiger partial charge in [0.1, 0.15) is 10.7 Å². The fraction of sp³-hybridized carbons (Fsp3) is 0.556. The van der Waals surface area contributed by atoms with Gasteiger partial charge in [-0.25, -0.2) is 4.98 Å². The van der Waals surface area contributed by atoms with E-state index in [0.29, 0.717) is 23.9 Å². The third-order valence-electron chi connectivity index (χ3n) is 2.16. The number of rotatable bonds is 3. The normalized spacial score (nSPS) is 19.3. The Kier molecular flexibility index (Phi) is 2.72. The van der Waals surface area contributed by atoms with Crippen molar-refractivity contribution in [1.29, 1.82) is 0 Å². The number of hydrogen-bond donors (Lipinski definition) is 1. The molecule has 0 aliphatic carbocycles. The molecule has 2 rings (SSSR count). The van der Waals surface area contributed by atoms with Crippen molar-refractivity contribution in [2.75, 3.05) is 13.2 Å². The van der Waals surface area contributed by atoms with Crippen molar-refractivity contribution in [3.05, 3.63) is 16.1 Å². The van der Waals surface area contributed by atoms with Gasteiger partial charge in [0.05, 0.1) is 19.6 Å². The molecule has 0 aromatic carbocycles. The van der Waals surface area contributed by atoms with Crippen molar-refractivity contribution in [3.8, 4) is 0 Å². The maximum atomic E-state index is 10.5. The molecule has 0 saturated carbocycles. The van der Waals surface area contributed by atoms with E-state index in [4.69, 9.17) is 14.6 Å². The van der Waals surface area contributed by atoms with E-state index in [-0.39, 0.29) is 6.42 Å². The summed E-state index contributed by atoms with van der Waals surface area (Å²) in [6, 6.07) is 0. The first kappa shape index (κ1) is 10.5. The van der Waals surface area contributed by atoms with Gasteiger partial charge >= 0.3 is 5.97 Å². The molecular weight excluding hydrogens is 218 g/mol. The maximum Gasteiger partial charge on any atom is 0.310 e. The summed E-state index contributed by atoms with van der Waals surface area (Å²) in [5.74, 6) is -1.68. The van der Waals surface area contributed by atoms with E-state index in [0.717, 1.165) is 0 Å². The Morgan fingerprint density at radius 3 is 2.93 bits per heavy atom. The van der Waals surface area contributed by atoms with Crippen LogP contribution < -0.4 is 0 Å². The highest BCUT2D eigenvalue weighted by Crippen LogP contribution is 2.31. The third kappa shape index (κ3) is 2.17. The molecule has 1 N–H and O–H groups in total. The summed E-state index contributed by atoms with van der Waals surface area (Å²) in [5.41, 5.74) is 0.654. The van der Waals surface area contributed by atoms with Crippen molar-refractivity contribution < 1.29 is 19.4 Å². The second-order valence-corrected chi connectivity index (χ2v) is 4.28. The van der Waals surface area contributed by atoms with E-state index in [2.05, 4.69) is 4.98 Å². The minimum Gasteiger partial charge on any atom is -0.481 e. The molecule has 0 bridgehead atoms. The minimum atomic E-state index is -0.880. The van der Waals surface area contributed by atoms with E-state index >= 15 is 0 Å². The molecule has 1 saturated heterocycles. The maximum absolute atomic E-state index is 10.5. The quantitative estimate of drug-likeness (QED) is 0.837. The van der Waals surface area contributed by atoms with Crippen LogP contribution in [0.1, 0.15) is 17.6 Å². The first-order valence-corrected chi connectivity index (χ1v) is 5.43. The Balaban J connectivity index is 2.15. The number of ether oxygens (including phenoxy) is 2. The second-order valence-electron chi connectivity index (χ2n) is 3.34. The Labute approximate surface area is 90.7 Å². The van der Waals surface area contributed by atoms with Gasteiger partial charge in [0.2, 0.25) is 5.79 Å². The largest absolute Gasteiger partial charge is 0.481 e. The summed E-state index contributed by atoms with van der Waals surface area (Å²) in [6.07, 6.45) is -0.0548. The minimum absolute atomic E-state index is 0.0548. The number of aromatic nitrogens is 1. The molecule has 1 aromatic rings. The average molecular weight is 229 g/mol. The highest BCUT2D eigenvalue weighted by Gasteiger charge is 2.35. The van der Waals surface area contributed by atoms with Crippen LogP contribution in [-0.2, 0) is 26.5 Å². The van der Waals surface area contributed by atoms with Crippen LogP contribution in [0.3, 0.4) is 0 Å². The van der Waals surface area contributed by atoms with E-state index in [1.54, 1.807) is 12.3 Å². The molecule has 0 amide bonds. The van der Waals surface area contributed by atoms with Gasteiger partial charge < -0.3 is 14.6 Å². The Morgan fingerprint density at radius 1 is 1.67 bits per heavy atom. The topological polar surface area (TPSA) is 68.7 Å². The molecule has 0 radical (unpaired) electrons. The van der Waals surface area contributed by atoms with Crippen LogP contribution in [-0.4, -0.2) is 29.3 Å². The fourth-order valence-electron chi connectivity index (χ4n) is 1.39. The van der Waals surface area contributed by atoms with Crippen LogP contribution in [0, 0.1) is 0 Å². The van der Waals surface area contributed by atoms with Crippen LogP contribution in [0.4, 0.5) is 0 Å². The molecule has 15 heavy (non-hydrogen) atoms. The summed E-state index contributed by atoms with van der Waals surface area (Å²) in [7, 11) is 0. The lowest BCUT2D eigenvalue weighted by atomic mass is 10.2. The number of aliphatic carboxylic acids is 1. The van der Waals surface area contributed by atoms with E-state index in [9.17, 15) is 4.79 Å². The smallest absolute Gasteiger partial charge is 0.310 e. The molecule has 6 heteroatoms. The summed E-state index contributed by atoms with van der Waals surface area (Å²) in [6.45, 7) is 2.88. The lowest BCUT2D eigenvalue weighted by Gasteiger charge is -2.19. The molecule has 1 aromatic heterocycles. The zero-order chi connectivity index (χ0) is 10.9. The molecule has 1 fully saturated rings. The van der Waals surface area contributed by atoms with Gasteiger partial charge in [-0.05, 0) is 6.92 Å². The standard InChI is InChI=1S/C9H11NO4S/c1-9(13-2-3-14-9)6-5-15-7(10-6)4-8(11)12/h5H,2-4H2,1H3,(H,11,12). The van der Waals surface area contributed by atoms with Crippen molar-refractivity contribution in [2.24, 2.45) is 0 Å². The van der Waals surface area contributed by atoms with Crippen LogP contribution >= 0.6 is 11.3 Å². The monoisotopic (exact) mass is 229 g/mol. The first-order valence-electron chi connectivity index (χ1n) is 4.55. The molecule has 0 unspecified atom stereocenters. The average Bonchev–Trinajstić information content (AvgIpc) is 2.74. The highest BCUT2D eigenvalue weighted by molar-refractivity contribution is 7.09. The number of carboxylic acids is 1. The van der Waals surface area contributed by atoms with Gasteiger partial charge in [-0.2, -0.15) is 0 Å². The van der Waals surface area contributed by atoms with E-state index < -0.39 is 11.8 Å². The number of carbonyl (C=O) groups is 1. The molecule has 82 valence electrons. The number of hydrogen-bond acceptors (Lipinski definition) is 5. The number of carboxylic acid groups (broad SMARTS) is 1. The molecule has 0 atom stereocenters. The highest BCUT2D eigenvalue weighted by atomic mass is 32.1. The summed E-state index contributed by atoms with van der Waals surface area (Å²) in [5, 5.41) is 11.0. The second kappa shape index (κ2) is 3.88. The van der Waals surface area contributed by atoms with Gasteiger partial charge in [-0.3, -0.25) is 4.79 Å². The zero-order valence-corrected chi connectivity index (χ0v) is 9.04. The SMILES string of the molecule is CC1(c2csc(CC(=O)O)n2)OCCO1. The predicted molar refractivity (Wildman–Crippen MR) is 52.7 cm³/mol. The van der Waals surface area contributed by atoms with Crippen molar-refractivity contribution in [3.63, 3.8) is 0 Å². The Morgan fingerprint density at radius 2 is 2.33 bits per heavy atom. The fourth-order valence-corrected chi connectivity index (χ4v) is 2.26. The van der Waals surface area contributed by atoms with E-state index in [1.807, 2.05) is 0 Å². The van der Waals surface area contributed by atoms with Gasteiger partial charge in [-0.15, -0.1) is 11.3 Å². The molecule has 1 aliphatic heterocycles. The van der Waals surface area contributed by atoms with Crippen molar-refractivity contribution in [2.45, 2.75) is 19.1 Å². The first-order chi connectivity index (χ1) is 7.10. The van der Waals surface area contributed by atoms with Gasteiger partial charge in [-0.1, -0.05) is 0 Å².